The number of anilines is 1. The minimum atomic E-state index is -0.609. The van der Waals surface area contributed by atoms with E-state index >= 15 is 0 Å². The molecule has 0 bridgehead atoms. The first-order valence-corrected chi connectivity index (χ1v) is 10.8. The van der Waals surface area contributed by atoms with Crippen molar-refractivity contribution in [3.05, 3.63) is 69.2 Å². The Kier molecular flexibility index (Phi) is 7.01. The van der Waals surface area contributed by atoms with Gasteiger partial charge in [-0.25, -0.2) is 14.4 Å². The Morgan fingerprint density at radius 3 is 2.86 bits per heavy atom. The molecule has 0 aliphatic carbocycles. The minimum absolute atomic E-state index is 0.0117. The predicted octanol–water partition coefficient (Wildman–Crippen LogP) is 2.79. The molecule has 0 saturated carbocycles. The third-order valence-corrected chi connectivity index (χ3v) is 5.30. The minimum Gasteiger partial charge on any atom is -0.493 e. The van der Waals surface area contributed by atoms with Crippen LogP contribution in [0.1, 0.15) is 27.3 Å². The van der Waals surface area contributed by atoms with Gasteiger partial charge in [-0.1, -0.05) is 23.4 Å². The smallest absolute Gasteiger partial charge is 0.292 e. The highest BCUT2D eigenvalue weighted by molar-refractivity contribution is 9.10. The van der Waals surface area contributed by atoms with Crippen LogP contribution in [0.25, 0.3) is 5.82 Å². The Balaban J connectivity index is 1.49. The maximum absolute atomic E-state index is 13.9. The van der Waals surface area contributed by atoms with Crippen LogP contribution in [-0.4, -0.2) is 44.5 Å². The van der Waals surface area contributed by atoms with Crippen molar-refractivity contribution in [3.63, 3.8) is 0 Å². The number of carbonyl (C=O) groups is 1. The van der Waals surface area contributed by atoms with E-state index in [1.807, 2.05) is 0 Å². The number of carbonyl (C=O) groups excluding carboxylic acids is 1. The fourth-order valence-electron chi connectivity index (χ4n) is 3.04. The summed E-state index contributed by atoms with van der Waals surface area (Å²) in [6.45, 7) is 1.60. The zero-order valence-electron chi connectivity index (χ0n) is 18.4. The Morgan fingerprint density at radius 1 is 1.34 bits per heavy atom. The van der Waals surface area contributed by atoms with Crippen LogP contribution in [0.2, 0.25) is 0 Å². The molecular formula is C21H18BrFN8O4. The molecule has 0 spiro atoms. The van der Waals surface area contributed by atoms with Crippen LogP contribution in [0.5, 0.6) is 11.5 Å². The van der Waals surface area contributed by atoms with Crippen LogP contribution in [0.15, 0.2) is 50.6 Å². The molecule has 1 amide bonds. The van der Waals surface area contributed by atoms with Crippen molar-refractivity contribution in [2.75, 3.05) is 12.8 Å². The first kappa shape index (κ1) is 23.8. The number of hydrazone groups is 1. The van der Waals surface area contributed by atoms with Gasteiger partial charge < -0.3 is 15.2 Å². The maximum atomic E-state index is 13.9. The van der Waals surface area contributed by atoms with Gasteiger partial charge in [0.05, 0.1) is 23.5 Å². The lowest BCUT2D eigenvalue weighted by atomic mass is 10.2. The Bertz CT molecular complexity index is 1400. The number of rotatable bonds is 8. The number of hydrogen-bond acceptors (Lipinski definition) is 10. The highest BCUT2D eigenvalue weighted by Crippen LogP contribution is 2.37. The fraction of sp³-hybridized carbons (Fsp3) is 0.143. The highest BCUT2D eigenvalue weighted by Gasteiger charge is 2.22. The number of methoxy groups -OCH3 is 1. The van der Waals surface area contributed by atoms with Crippen molar-refractivity contribution in [3.8, 4) is 17.3 Å². The zero-order valence-corrected chi connectivity index (χ0v) is 20.0. The summed E-state index contributed by atoms with van der Waals surface area (Å²) < 4.78 is 31.3. The number of halogens is 2. The van der Waals surface area contributed by atoms with E-state index in [0.717, 1.165) is 4.68 Å². The molecule has 4 aromatic rings. The summed E-state index contributed by atoms with van der Waals surface area (Å²) >= 11 is 3.43. The maximum Gasteiger partial charge on any atom is 0.292 e. The van der Waals surface area contributed by atoms with Crippen molar-refractivity contribution in [2.24, 2.45) is 5.10 Å². The number of benzene rings is 2. The van der Waals surface area contributed by atoms with Gasteiger partial charge in [0.25, 0.3) is 5.91 Å². The zero-order chi connectivity index (χ0) is 24.9. The molecule has 2 heterocycles. The second kappa shape index (κ2) is 10.3. The first-order chi connectivity index (χ1) is 16.9. The number of nitrogens with two attached hydrogens (primary N) is 1. The van der Waals surface area contributed by atoms with E-state index in [1.165, 1.54) is 19.4 Å². The summed E-state index contributed by atoms with van der Waals surface area (Å²) in [6, 6.07) is 9.68. The van der Waals surface area contributed by atoms with Gasteiger partial charge in [0, 0.05) is 5.56 Å². The third kappa shape index (κ3) is 5.11. The molecule has 0 radical (unpaired) electrons. The number of nitrogens with zero attached hydrogens (tertiary/aromatic N) is 6. The molecule has 0 saturated heterocycles. The summed E-state index contributed by atoms with van der Waals surface area (Å²) in [5.41, 5.74) is 9.45. The Labute approximate surface area is 206 Å². The van der Waals surface area contributed by atoms with Crippen molar-refractivity contribution < 1.29 is 23.3 Å². The number of nitrogen functional groups attached to an aromatic ring is 1. The van der Waals surface area contributed by atoms with Crippen LogP contribution < -0.4 is 20.6 Å². The van der Waals surface area contributed by atoms with Crippen LogP contribution in [0.3, 0.4) is 0 Å². The summed E-state index contributed by atoms with van der Waals surface area (Å²) in [5.74, 6) is -0.226. The quantitative estimate of drug-likeness (QED) is 0.251. The SMILES string of the molecule is COc1cc(/C=N/NC(=O)c2c(C)nnn2-c2nonc2N)cc(Br)c1OCc1ccccc1F. The van der Waals surface area contributed by atoms with Crippen molar-refractivity contribution in [2.45, 2.75) is 13.5 Å². The Hall–Kier alpha value is -4.33. The second-order valence-electron chi connectivity index (χ2n) is 7.02. The van der Waals surface area contributed by atoms with Crippen LogP contribution in [0.4, 0.5) is 10.2 Å². The second-order valence-corrected chi connectivity index (χ2v) is 7.88. The molecule has 0 atom stereocenters. The van der Waals surface area contributed by atoms with Gasteiger partial charge in [0.15, 0.2) is 17.2 Å². The highest BCUT2D eigenvalue weighted by atomic mass is 79.9. The third-order valence-electron chi connectivity index (χ3n) is 4.71. The summed E-state index contributed by atoms with van der Waals surface area (Å²) in [5, 5.41) is 18.8. The molecule has 180 valence electrons. The number of hydrogen-bond donors (Lipinski definition) is 2. The summed E-state index contributed by atoms with van der Waals surface area (Å²) in [4.78, 5) is 12.7. The molecule has 0 fully saturated rings. The van der Waals surface area contributed by atoms with E-state index in [0.29, 0.717) is 32.8 Å². The lowest BCUT2D eigenvalue weighted by Gasteiger charge is -2.14. The van der Waals surface area contributed by atoms with Gasteiger partial charge >= 0.3 is 0 Å². The lowest BCUT2D eigenvalue weighted by Crippen LogP contribution is -2.22. The van der Waals surface area contributed by atoms with Gasteiger partial charge in [0.2, 0.25) is 11.6 Å². The molecule has 0 aliphatic rings. The normalized spacial score (nSPS) is 11.1. The lowest BCUT2D eigenvalue weighted by molar-refractivity contribution is 0.0946. The summed E-state index contributed by atoms with van der Waals surface area (Å²) in [7, 11) is 1.47. The monoisotopic (exact) mass is 544 g/mol. The van der Waals surface area contributed by atoms with Gasteiger partial charge in [-0.2, -0.15) is 9.78 Å². The predicted molar refractivity (Wildman–Crippen MR) is 125 cm³/mol. The molecule has 35 heavy (non-hydrogen) atoms. The molecule has 2 aromatic heterocycles. The van der Waals surface area contributed by atoms with E-state index in [9.17, 15) is 9.18 Å². The molecule has 0 aliphatic heterocycles. The van der Waals surface area contributed by atoms with E-state index in [-0.39, 0.29) is 29.8 Å². The topological polar surface area (TPSA) is 156 Å². The molecule has 4 rings (SSSR count). The van der Waals surface area contributed by atoms with Crippen molar-refractivity contribution in [1.29, 1.82) is 0 Å². The van der Waals surface area contributed by atoms with E-state index in [1.54, 1.807) is 37.3 Å². The average molecular weight is 545 g/mol. The van der Waals surface area contributed by atoms with E-state index in [2.05, 4.69) is 51.7 Å². The van der Waals surface area contributed by atoms with Gasteiger partial charge in [-0.05, 0) is 56.9 Å². The molecule has 3 N–H and O–H groups in total. The van der Waals surface area contributed by atoms with Crippen molar-refractivity contribution >= 4 is 33.9 Å². The molecule has 0 unspecified atom stereocenters. The van der Waals surface area contributed by atoms with Gasteiger partial charge in [-0.15, -0.1) is 5.10 Å². The van der Waals surface area contributed by atoms with Crippen LogP contribution in [-0.2, 0) is 6.61 Å². The largest absolute Gasteiger partial charge is 0.493 e. The van der Waals surface area contributed by atoms with Gasteiger partial charge in [0.1, 0.15) is 12.4 Å². The number of ether oxygens (including phenoxy) is 2. The number of aromatic nitrogens is 5. The van der Waals surface area contributed by atoms with E-state index < -0.39 is 5.91 Å². The Morgan fingerprint density at radius 2 is 2.14 bits per heavy atom. The van der Waals surface area contributed by atoms with Crippen molar-refractivity contribution in [1.82, 2.24) is 30.7 Å². The molecule has 14 heteroatoms. The van der Waals surface area contributed by atoms with Gasteiger partial charge in [-0.3, -0.25) is 4.79 Å². The molecular weight excluding hydrogens is 527 g/mol. The number of amides is 1. The number of nitrogens with one attached hydrogen (secondary N) is 1. The number of aryl methyl sites for hydroxylation is 1. The van der Waals surface area contributed by atoms with Crippen LogP contribution in [0, 0.1) is 12.7 Å². The summed E-state index contributed by atoms with van der Waals surface area (Å²) in [6.07, 6.45) is 1.40. The van der Waals surface area contributed by atoms with E-state index in [4.69, 9.17) is 15.2 Å². The fourth-order valence-corrected chi connectivity index (χ4v) is 3.62. The van der Waals surface area contributed by atoms with Crippen LogP contribution >= 0.6 is 15.9 Å². The first-order valence-electron chi connectivity index (χ1n) is 9.97. The standard InChI is InChI=1S/C21H18BrFN8O4/c1-11-17(31(30-26-11)20-19(24)28-35-29-20)21(32)27-25-9-12-7-14(22)18(16(8-12)33-2)34-10-13-5-3-4-6-15(13)23/h3-9H,10H2,1-2H3,(H2,24,28)(H,27,32)/b25-9+. The molecule has 2 aromatic carbocycles. The average Bonchev–Trinajstić information content (AvgIpc) is 3.43. The molecule has 12 nitrogen and oxygen atoms in total.